The first-order valence-electron chi connectivity index (χ1n) is 8.05. The van der Waals surface area contributed by atoms with Gasteiger partial charge in [-0.05, 0) is 36.8 Å². The molecule has 0 unspecified atom stereocenters. The summed E-state index contributed by atoms with van der Waals surface area (Å²) in [5.74, 6) is 0.413. The van der Waals surface area contributed by atoms with Gasteiger partial charge in [-0.2, -0.15) is 0 Å². The Morgan fingerprint density at radius 2 is 1.92 bits per heavy atom. The first-order valence-corrected chi connectivity index (χ1v) is 8.43. The average Bonchev–Trinajstić information content (AvgIpc) is 2.60. The number of aryl methyl sites for hydroxylation is 1. The number of halogens is 1. The molecule has 1 atom stereocenters. The van der Waals surface area contributed by atoms with E-state index in [4.69, 9.17) is 11.6 Å². The summed E-state index contributed by atoms with van der Waals surface area (Å²) in [5.41, 5.74) is 1.43. The molecular weight excluding hydrogens is 338 g/mol. The van der Waals surface area contributed by atoms with Crippen molar-refractivity contribution in [2.75, 3.05) is 0 Å². The van der Waals surface area contributed by atoms with Crippen LogP contribution in [0.1, 0.15) is 30.8 Å². The van der Waals surface area contributed by atoms with Crippen LogP contribution in [0.5, 0.6) is 0 Å². The molecule has 1 amide bonds. The van der Waals surface area contributed by atoms with E-state index >= 15 is 0 Å². The predicted octanol–water partition coefficient (Wildman–Crippen LogP) is 3.39. The summed E-state index contributed by atoms with van der Waals surface area (Å²) in [6.07, 6.45) is 0.623. The number of aromatic amines is 1. The molecule has 2 aromatic carbocycles. The number of amides is 1. The highest BCUT2D eigenvalue weighted by Gasteiger charge is 2.11. The first-order chi connectivity index (χ1) is 12.0. The van der Waals surface area contributed by atoms with Gasteiger partial charge in [0.05, 0.1) is 16.9 Å². The van der Waals surface area contributed by atoms with Gasteiger partial charge in [0.2, 0.25) is 5.91 Å². The van der Waals surface area contributed by atoms with E-state index in [-0.39, 0.29) is 23.9 Å². The minimum Gasteiger partial charge on any atom is -0.350 e. The summed E-state index contributed by atoms with van der Waals surface area (Å²) in [5, 5.41) is 4.14. The third-order valence-electron chi connectivity index (χ3n) is 4.00. The zero-order valence-corrected chi connectivity index (χ0v) is 14.5. The van der Waals surface area contributed by atoms with E-state index in [2.05, 4.69) is 15.3 Å². The molecule has 2 N–H and O–H groups in total. The van der Waals surface area contributed by atoms with Gasteiger partial charge in [-0.15, -0.1) is 0 Å². The van der Waals surface area contributed by atoms with E-state index < -0.39 is 0 Å². The number of hydrogen-bond donors (Lipinski definition) is 2. The number of H-pyrrole nitrogens is 1. The van der Waals surface area contributed by atoms with Gasteiger partial charge < -0.3 is 10.3 Å². The van der Waals surface area contributed by atoms with Gasteiger partial charge in [0.1, 0.15) is 5.82 Å². The van der Waals surface area contributed by atoms with Crippen LogP contribution in [-0.4, -0.2) is 15.9 Å². The summed E-state index contributed by atoms with van der Waals surface area (Å²) in [6, 6.07) is 14.4. The molecule has 0 bridgehead atoms. The topological polar surface area (TPSA) is 74.8 Å². The molecule has 3 rings (SSSR count). The summed E-state index contributed by atoms with van der Waals surface area (Å²) in [6.45, 7) is 1.91. The lowest BCUT2D eigenvalue weighted by atomic mass is 10.1. The molecule has 3 aromatic rings. The minimum absolute atomic E-state index is 0.0988. The maximum absolute atomic E-state index is 12.2. The summed E-state index contributed by atoms with van der Waals surface area (Å²) >= 11 is 5.87. The van der Waals surface area contributed by atoms with Crippen LogP contribution in [0.2, 0.25) is 5.02 Å². The SMILES string of the molecule is C[C@H](NC(=O)CCc1nc2ccccc2c(=O)[nH]1)c1ccc(Cl)cc1. The first kappa shape index (κ1) is 17.2. The van der Waals surface area contributed by atoms with Gasteiger partial charge in [0.25, 0.3) is 5.56 Å². The van der Waals surface area contributed by atoms with E-state index in [9.17, 15) is 9.59 Å². The Balaban J connectivity index is 1.62. The van der Waals surface area contributed by atoms with Crippen molar-refractivity contribution in [3.63, 3.8) is 0 Å². The fourth-order valence-corrected chi connectivity index (χ4v) is 2.76. The number of carbonyl (C=O) groups excluding carboxylic acids is 1. The lowest BCUT2D eigenvalue weighted by Gasteiger charge is -2.14. The Hall–Kier alpha value is -2.66. The van der Waals surface area contributed by atoms with Crippen molar-refractivity contribution in [2.45, 2.75) is 25.8 Å². The number of aromatic nitrogens is 2. The molecule has 0 aliphatic rings. The molecule has 1 heterocycles. The molecule has 25 heavy (non-hydrogen) atoms. The zero-order chi connectivity index (χ0) is 17.8. The molecule has 0 radical (unpaired) electrons. The predicted molar refractivity (Wildman–Crippen MR) is 98.7 cm³/mol. The smallest absolute Gasteiger partial charge is 0.258 e. The standard InChI is InChI=1S/C19H18ClN3O2/c1-12(13-6-8-14(20)9-7-13)21-18(24)11-10-17-22-16-5-3-2-4-15(16)19(25)23-17/h2-9,12H,10-11H2,1H3,(H,21,24)(H,22,23,25)/t12-/m0/s1. The molecule has 6 heteroatoms. The van der Waals surface area contributed by atoms with Crippen LogP contribution in [0.3, 0.4) is 0 Å². The lowest BCUT2D eigenvalue weighted by Crippen LogP contribution is -2.27. The second-order valence-electron chi connectivity index (χ2n) is 5.87. The fraction of sp³-hybridized carbons (Fsp3) is 0.211. The maximum Gasteiger partial charge on any atom is 0.258 e. The zero-order valence-electron chi connectivity index (χ0n) is 13.8. The normalized spacial score (nSPS) is 12.1. The third-order valence-corrected chi connectivity index (χ3v) is 4.25. The van der Waals surface area contributed by atoms with Crippen molar-refractivity contribution in [2.24, 2.45) is 0 Å². The van der Waals surface area contributed by atoms with Crippen LogP contribution in [0, 0.1) is 0 Å². The fourth-order valence-electron chi connectivity index (χ4n) is 2.63. The quantitative estimate of drug-likeness (QED) is 0.736. The van der Waals surface area contributed by atoms with Crippen LogP contribution in [0.25, 0.3) is 10.9 Å². The number of rotatable bonds is 5. The Kier molecular flexibility index (Phi) is 5.14. The highest BCUT2D eigenvalue weighted by atomic mass is 35.5. The number of nitrogens with one attached hydrogen (secondary N) is 2. The van der Waals surface area contributed by atoms with Crippen LogP contribution in [-0.2, 0) is 11.2 Å². The lowest BCUT2D eigenvalue weighted by molar-refractivity contribution is -0.121. The van der Waals surface area contributed by atoms with E-state index in [1.165, 1.54) is 0 Å². The third kappa shape index (κ3) is 4.25. The van der Waals surface area contributed by atoms with Gasteiger partial charge in [-0.25, -0.2) is 4.98 Å². The van der Waals surface area contributed by atoms with E-state index in [0.29, 0.717) is 28.2 Å². The highest BCUT2D eigenvalue weighted by Crippen LogP contribution is 2.16. The van der Waals surface area contributed by atoms with Gasteiger partial charge in [-0.1, -0.05) is 35.9 Å². The monoisotopic (exact) mass is 355 g/mol. The summed E-state index contributed by atoms with van der Waals surface area (Å²) in [7, 11) is 0. The number of para-hydroxylation sites is 1. The van der Waals surface area contributed by atoms with E-state index in [0.717, 1.165) is 5.56 Å². The van der Waals surface area contributed by atoms with Gasteiger partial charge >= 0.3 is 0 Å². The number of hydrogen-bond acceptors (Lipinski definition) is 3. The molecule has 0 fully saturated rings. The van der Waals surface area contributed by atoms with Crippen molar-refractivity contribution in [1.29, 1.82) is 0 Å². The Bertz CT molecular complexity index is 951. The Morgan fingerprint density at radius 3 is 2.68 bits per heavy atom. The summed E-state index contributed by atoms with van der Waals surface area (Å²) in [4.78, 5) is 31.3. The number of nitrogens with zero attached hydrogens (tertiary/aromatic N) is 1. The minimum atomic E-state index is -0.185. The summed E-state index contributed by atoms with van der Waals surface area (Å²) < 4.78 is 0. The molecule has 128 valence electrons. The Labute approximate surface area is 150 Å². The molecule has 0 aliphatic carbocycles. The Morgan fingerprint density at radius 1 is 1.20 bits per heavy atom. The average molecular weight is 356 g/mol. The molecule has 1 aromatic heterocycles. The number of carbonyl (C=O) groups is 1. The molecule has 0 saturated carbocycles. The molecule has 0 spiro atoms. The highest BCUT2D eigenvalue weighted by molar-refractivity contribution is 6.30. The van der Waals surface area contributed by atoms with Gasteiger partial charge in [0.15, 0.2) is 0 Å². The second-order valence-corrected chi connectivity index (χ2v) is 6.31. The largest absolute Gasteiger partial charge is 0.350 e. The van der Waals surface area contributed by atoms with Crippen LogP contribution in [0.15, 0.2) is 53.3 Å². The van der Waals surface area contributed by atoms with Crippen molar-refractivity contribution < 1.29 is 4.79 Å². The molecular formula is C19H18ClN3O2. The van der Waals surface area contributed by atoms with Crippen LogP contribution < -0.4 is 10.9 Å². The van der Waals surface area contributed by atoms with Gasteiger partial charge in [-0.3, -0.25) is 9.59 Å². The maximum atomic E-state index is 12.2. The van der Waals surface area contributed by atoms with E-state index in [1.807, 2.05) is 25.1 Å². The molecule has 0 aliphatic heterocycles. The van der Waals surface area contributed by atoms with Gasteiger partial charge in [0, 0.05) is 17.9 Å². The molecule has 0 saturated heterocycles. The van der Waals surface area contributed by atoms with Crippen molar-refractivity contribution in [1.82, 2.24) is 15.3 Å². The van der Waals surface area contributed by atoms with E-state index in [1.54, 1.807) is 30.3 Å². The number of fused-ring (bicyclic) bond motifs is 1. The van der Waals surface area contributed by atoms with Crippen molar-refractivity contribution >= 4 is 28.4 Å². The molecule has 5 nitrogen and oxygen atoms in total. The number of benzene rings is 2. The van der Waals surface area contributed by atoms with Crippen LogP contribution in [0.4, 0.5) is 0 Å². The van der Waals surface area contributed by atoms with Crippen molar-refractivity contribution in [3.8, 4) is 0 Å². The van der Waals surface area contributed by atoms with Crippen LogP contribution >= 0.6 is 11.6 Å². The van der Waals surface area contributed by atoms with Crippen molar-refractivity contribution in [3.05, 3.63) is 75.3 Å². The second kappa shape index (κ2) is 7.49.